The van der Waals surface area contributed by atoms with Crippen LogP contribution in [0.4, 0.5) is 0 Å². The van der Waals surface area contributed by atoms with E-state index in [0.29, 0.717) is 13.0 Å². The lowest BCUT2D eigenvalue weighted by Gasteiger charge is -2.26. The second-order valence-corrected chi connectivity index (χ2v) is 8.16. The van der Waals surface area contributed by atoms with E-state index in [2.05, 4.69) is 12.1 Å². The molecular formula is C16H22N2O3S. The van der Waals surface area contributed by atoms with E-state index < -0.39 is 10.0 Å². The zero-order valence-electron chi connectivity index (χ0n) is 12.6. The lowest BCUT2D eigenvalue weighted by atomic mass is 10.0. The predicted octanol–water partition coefficient (Wildman–Crippen LogP) is 1.26. The van der Waals surface area contributed by atoms with E-state index in [9.17, 15) is 13.2 Å². The van der Waals surface area contributed by atoms with Crippen molar-refractivity contribution in [1.82, 2.24) is 9.21 Å². The highest BCUT2D eigenvalue weighted by atomic mass is 32.2. The molecule has 0 radical (unpaired) electrons. The molecule has 1 aromatic rings. The van der Waals surface area contributed by atoms with E-state index in [1.54, 1.807) is 0 Å². The first kappa shape index (κ1) is 15.5. The van der Waals surface area contributed by atoms with Gasteiger partial charge in [0.05, 0.1) is 12.3 Å². The van der Waals surface area contributed by atoms with Crippen molar-refractivity contribution in [3.8, 4) is 0 Å². The molecule has 2 saturated heterocycles. The Bertz CT molecular complexity index is 630. The topological polar surface area (TPSA) is 57.7 Å². The summed E-state index contributed by atoms with van der Waals surface area (Å²) in [6.45, 7) is 1.23. The molecule has 1 amide bonds. The Morgan fingerprint density at radius 2 is 1.91 bits per heavy atom. The number of sulfonamides is 1. The minimum Gasteiger partial charge on any atom is -0.338 e. The summed E-state index contributed by atoms with van der Waals surface area (Å²) in [5.41, 5.74) is 1.22. The summed E-state index contributed by atoms with van der Waals surface area (Å²) < 4.78 is 25.0. The standard InChI is InChI=1S/C16H22N2O3S/c19-16(13-17-9-5-11-22(17,20)21)18-10-4-8-15(18)12-14-6-2-1-3-7-14/h1-3,6-7,15H,4-5,8-13H2/t15-/m0/s1. The molecular weight excluding hydrogens is 300 g/mol. The monoisotopic (exact) mass is 322 g/mol. The van der Waals surface area contributed by atoms with Gasteiger partial charge in [0.15, 0.2) is 0 Å². The number of rotatable bonds is 4. The lowest BCUT2D eigenvalue weighted by molar-refractivity contribution is -0.132. The van der Waals surface area contributed by atoms with E-state index in [1.807, 2.05) is 23.1 Å². The molecule has 3 rings (SSSR count). The molecule has 6 heteroatoms. The highest BCUT2D eigenvalue weighted by Gasteiger charge is 2.34. The molecule has 2 heterocycles. The van der Waals surface area contributed by atoms with Crippen LogP contribution in [-0.4, -0.2) is 55.0 Å². The Kier molecular flexibility index (Phi) is 4.49. The van der Waals surface area contributed by atoms with Crippen molar-refractivity contribution in [2.45, 2.75) is 31.7 Å². The van der Waals surface area contributed by atoms with E-state index in [0.717, 1.165) is 25.8 Å². The number of amides is 1. The summed E-state index contributed by atoms with van der Waals surface area (Å²) in [5.74, 6) is 0.122. The normalized spacial score (nSPS) is 24.7. The molecule has 2 fully saturated rings. The third-order valence-electron chi connectivity index (χ3n) is 4.53. The maximum Gasteiger partial charge on any atom is 0.238 e. The third-order valence-corrected chi connectivity index (χ3v) is 6.43. The quantitative estimate of drug-likeness (QED) is 0.838. The maximum absolute atomic E-state index is 12.5. The summed E-state index contributed by atoms with van der Waals surface area (Å²) in [6, 6.07) is 10.3. The number of hydrogen-bond acceptors (Lipinski definition) is 3. The van der Waals surface area contributed by atoms with Crippen LogP contribution in [-0.2, 0) is 21.2 Å². The molecule has 0 aliphatic carbocycles. The maximum atomic E-state index is 12.5. The van der Waals surface area contributed by atoms with Crippen molar-refractivity contribution in [2.24, 2.45) is 0 Å². The fourth-order valence-electron chi connectivity index (χ4n) is 3.37. The van der Waals surface area contributed by atoms with Gasteiger partial charge in [-0.3, -0.25) is 4.79 Å². The molecule has 22 heavy (non-hydrogen) atoms. The number of hydrogen-bond donors (Lipinski definition) is 0. The van der Waals surface area contributed by atoms with Crippen molar-refractivity contribution in [1.29, 1.82) is 0 Å². The van der Waals surface area contributed by atoms with E-state index >= 15 is 0 Å². The zero-order valence-corrected chi connectivity index (χ0v) is 13.5. The largest absolute Gasteiger partial charge is 0.338 e. The SMILES string of the molecule is O=C(CN1CCCS1(=O)=O)N1CCC[C@H]1Cc1ccccc1. The molecule has 0 saturated carbocycles. The van der Waals surface area contributed by atoms with Gasteiger partial charge in [0.2, 0.25) is 15.9 Å². The minimum absolute atomic E-state index is 0.00756. The van der Waals surface area contributed by atoms with Gasteiger partial charge in [-0.1, -0.05) is 30.3 Å². The number of nitrogens with zero attached hydrogens (tertiary/aromatic N) is 2. The van der Waals surface area contributed by atoms with Crippen LogP contribution in [0.25, 0.3) is 0 Å². The Hall–Kier alpha value is -1.40. The van der Waals surface area contributed by atoms with Crippen LogP contribution >= 0.6 is 0 Å². The summed E-state index contributed by atoms with van der Waals surface area (Å²) in [7, 11) is -3.20. The van der Waals surface area contributed by atoms with Crippen LogP contribution in [0.5, 0.6) is 0 Å². The van der Waals surface area contributed by atoms with Crippen molar-refractivity contribution in [3.05, 3.63) is 35.9 Å². The van der Waals surface area contributed by atoms with Gasteiger partial charge in [0, 0.05) is 19.1 Å². The highest BCUT2D eigenvalue weighted by molar-refractivity contribution is 7.89. The van der Waals surface area contributed by atoms with Crippen molar-refractivity contribution in [3.63, 3.8) is 0 Å². The van der Waals surface area contributed by atoms with Crippen molar-refractivity contribution in [2.75, 3.05) is 25.4 Å². The number of carbonyl (C=O) groups is 1. The first-order valence-corrected chi connectivity index (χ1v) is 9.48. The summed E-state index contributed by atoms with van der Waals surface area (Å²) in [6.07, 6.45) is 3.46. The molecule has 2 aliphatic rings. The zero-order chi connectivity index (χ0) is 15.6. The Labute approximate surface area is 132 Å². The van der Waals surface area contributed by atoms with Crippen LogP contribution in [0.2, 0.25) is 0 Å². The Morgan fingerprint density at radius 1 is 1.14 bits per heavy atom. The molecule has 0 bridgehead atoms. The van der Waals surface area contributed by atoms with Gasteiger partial charge in [0.25, 0.3) is 0 Å². The Morgan fingerprint density at radius 3 is 2.59 bits per heavy atom. The molecule has 0 N–H and O–H groups in total. The molecule has 0 aromatic heterocycles. The fraction of sp³-hybridized carbons (Fsp3) is 0.562. The lowest BCUT2D eigenvalue weighted by Crippen LogP contribution is -2.43. The predicted molar refractivity (Wildman–Crippen MR) is 84.9 cm³/mol. The van der Waals surface area contributed by atoms with Crippen LogP contribution in [0.3, 0.4) is 0 Å². The number of likely N-dealkylation sites (tertiary alicyclic amines) is 1. The molecule has 0 unspecified atom stereocenters. The number of carbonyl (C=O) groups excluding carboxylic acids is 1. The van der Waals surface area contributed by atoms with Crippen LogP contribution < -0.4 is 0 Å². The van der Waals surface area contributed by atoms with Gasteiger partial charge in [0.1, 0.15) is 0 Å². The summed E-state index contributed by atoms with van der Waals surface area (Å²) in [5, 5.41) is 0. The Balaban J connectivity index is 1.64. The van der Waals surface area contributed by atoms with Gasteiger partial charge in [-0.25, -0.2) is 8.42 Å². The summed E-state index contributed by atoms with van der Waals surface area (Å²) >= 11 is 0. The summed E-state index contributed by atoms with van der Waals surface area (Å²) in [4.78, 5) is 14.4. The van der Waals surface area contributed by atoms with Crippen LogP contribution in [0.15, 0.2) is 30.3 Å². The highest BCUT2D eigenvalue weighted by Crippen LogP contribution is 2.22. The second-order valence-electron chi connectivity index (χ2n) is 6.08. The average Bonchev–Trinajstić information content (AvgIpc) is 3.07. The van der Waals surface area contributed by atoms with Gasteiger partial charge in [-0.15, -0.1) is 0 Å². The van der Waals surface area contributed by atoms with Gasteiger partial charge in [-0.05, 0) is 31.2 Å². The minimum atomic E-state index is -3.20. The van der Waals surface area contributed by atoms with Gasteiger partial charge in [-0.2, -0.15) is 4.31 Å². The fourth-order valence-corrected chi connectivity index (χ4v) is 4.84. The second kappa shape index (κ2) is 6.38. The van der Waals surface area contributed by atoms with E-state index in [-0.39, 0.29) is 24.2 Å². The molecule has 5 nitrogen and oxygen atoms in total. The molecule has 1 atom stereocenters. The molecule has 1 aromatic carbocycles. The van der Waals surface area contributed by atoms with E-state index in [1.165, 1.54) is 9.87 Å². The van der Waals surface area contributed by atoms with Gasteiger partial charge < -0.3 is 4.90 Å². The van der Waals surface area contributed by atoms with Crippen LogP contribution in [0, 0.1) is 0 Å². The van der Waals surface area contributed by atoms with Crippen molar-refractivity contribution >= 4 is 15.9 Å². The molecule has 2 aliphatic heterocycles. The smallest absolute Gasteiger partial charge is 0.238 e. The van der Waals surface area contributed by atoms with Crippen LogP contribution in [0.1, 0.15) is 24.8 Å². The van der Waals surface area contributed by atoms with E-state index in [4.69, 9.17) is 0 Å². The molecule has 120 valence electrons. The van der Waals surface area contributed by atoms with Gasteiger partial charge >= 0.3 is 0 Å². The molecule has 0 spiro atoms. The average molecular weight is 322 g/mol. The van der Waals surface area contributed by atoms with Crippen molar-refractivity contribution < 1.29 is 13.2 Å². The first-order valence-electron chi connectivity index (χ1n) is 7.87. The number of benzene rings is 1. The third kappa shape index (κ3) is 3.33. The first-order chi connectivity index (χ1) is 10.6.